The lowest BCUT2D eigenvalue weighted by atomic mass is 9.85. The zero-order valence-corrected chi connectivity index (χ0v) is 12.5. The van der Waals surface area contributed by atoms with E-state index in [0.29, 0.717) is 5.41 Å². The summed E-state index contributed by atoms with van der Waals surface area (Å²) in [7, 11) is -0.858. The van der Waals surface area contributed by atoms with Crippen molar-refractivity contribution in [2.24, 2.45) is 5.41 Å². The second-order valence-corrected chi connectivity index (χ2v) is 8.02. The second kappa shape index (κ2) is 4.59. The number of aryl methyl sites for hydroxylation is 1. The molecule has 0 heterocycles. The van der Waals surface area contributed by atoms with Crippen molar-refractivity contribution in [1.82, 2.24) is 0 Å². The summed E-state index contributed by atoms with van der Waals surface area (Å²) >= 11 is 0. The fraction of sp³-hybridized carbons (Fsp3) is 0.529. The van der Waals surface area contributed by atoms with E-state index in [1.54, 1.807) is 0 Å². The third-order valence-electron chi connectivity index (χ3n) is 5.08. The minimum atomic E-state index is -0.858. The molecule has 2 saturated carbocycles. The van der Waals surface area contributed by atoms with Crippen LogP contribution in [0.2, 0.25) is 0 Å². The van der Waals surface area contributed by atoms with Gasteiger partial charge in [-0.1, -0.05) is 36.6 Å². The Morgan fingerprint density at radius 2 is 1.95 bits per heavy atom. The van der Waals surface area contributed by atoms with Crippen LogP contribution in [0.25, 0.3) is 0 Å². The van der Waals surface area contributed by atoms with Crippen LogP contribution in [0, 0.1) is 12.3 Å². The van der Waals surface area contributed by atoms with Crippen molar-refractivity contribution in [3.8, 4) is 0 Å². The quantitative estimate of drug-likeness (QED) is 0.745. The Morgan fingerprint density at radius 3 is 2.63 bits per heavy atom. The van der Waals surface area contributed by atoms with Gasteiger partial charge in [-0.05, 0) is 50.2 Å². The number of hydrogen-bond donors (Lipinski definition) is 0. The number of allylic oxidation sites excluding steroid dienone is 1. The number of hydrogen-bond acceptors (Lipinski definition) is 1. The highest BCUT2D eigenvalue weighted by molar-refractivity contribution is 7.87. The summed E-state index contributed by atoms with van der Waals surface area (Å²) in [5.74, 6) is 0. The van der Waals surface area contributed by atoms with Crippen LogP contribution in [0.5, 0.6) is 0 Å². The summed E-state index contributed by atoms with van der Waals surface area (Å²) in [6.07, 6.45) is 9.08. The summed E-state index contributed by atoms with van der Waals surface area (Å²) in [4.78, 5) is 1.01. The van der Waals surface area contributed by atoms with Crippen LogP contribution < -0.4 is 0 Å². The van der Waals surface area contributed by atoms with Crippen molar-refractivity contribution in [2.75, 3.05) is 0 Å². The van der Waals surface area contributed by atoms with Gasteiger partial charge >= 0.3 is 0 Å². The predicted molar refractivity (Wildman–Crippen MR) is 80.7 cm³/mol. The molecule has 19 heavy (non-hydrogen) atoms. The molecule has 0 saturated heterocycles. The summed E-state index contributed by atoms with van der Waals surface area (Å²) in [6, 6.07) is 8.24. The summed E-state index contributed by atoms with van der Waals surface area (Å²) < 4.78 is 13.1. The van der Waals surface area contributed by atoms with Gasteiger partial charge in [-0.3, -0.25) is 4.21 Å². The first-order chi connectivity index (χ1) is 9.13. The van der Waals surface area contributed by atoms with Crippen molar-refractivity contribution in [1.29, 1.82) is 0 Å². The van der Waals surface area contributed by atoms with E-state index in [0.717, 1.165) is 24.2 Å². The molecule has 0 aromatic heterocycles. The first kappa shape index (κ1) is 13.1. The Kier molecular flexibility index (Phi) is 3.17. The summed E-state index contributed by atoms with van der Waals surface area (Å²) in [5.41, 5.74) is 1.53. The second-order valence-electron chi connectivity index (χ2n) is 6.23. The highest BCUT2D eigenvalue weighted by Crippen LogP contribution is 2.70. The van der Waals surface area contributed by atoms with Crippen LogP contribution >= 0.6 is 0 Å². The zero-order valence-electron chi connectivity index (χ0n) is 11.7. The van der Waals surface area contributed by atoms with E-state index in [2.05, 4.69) is 25.6 Å². The van der Waals surface area contributed by atoms with Crippen LogP contribution in [0.3, 0.4) is 0 Å². The number of benzene rings is 1. The normalized spacial score (nSPS) is 34.4. The standard InChI is InChI=1S/C17H22OS/c1-3-10-16-11-4-5-12-17(16,13-16)19(18)15-8-6-14(2)7-9-15/h3,6-9H,1,4-5,10-13H2,2H3/t16-,17-,19-/m1/s1. The lowest BCUT2D eigenvalue weighted by Gasteiger charge is -2.29. The molecule has 2 aliphatic carbocycles. The summed E-state index contributed by atoms with van der Waals surface area (Å²) in [5, 5.41) is 0. The fourth-order valence-electron chi connectivity index (χ4n) is 3.92. The molecule has 0 aliphatic heterocycles. The van der Waals surface area contributed by atoms with Gasteiger partial charge in [0.1, 0.15) is 0 Å². The Balaban J connectivity index is 1.90. The van der Waals surface area contributed by atoms with Crippen molar-refractivity contribution in [3.05, 3.63) is 42.5 Å². The maximum Gasteiger partial charge on any atom is 0.0598 e. The minimum Gasteiger partial charge on any atom is -0.254 e. The molecular weight excluding hydrogens is 252 g/mol. The van der Waals surface area contributed by atoms with E-state index in [9.17, 15) is 4.21 Å². The zero-order chi connectivity index (χ0) is 13.5. The predicted octanol–water partition coefficient (Wildman–Crippen LogP) is 4.38. The topological polar surface area (TPSA) is 17.1 Å². The van der Waals surface area contributed by atoms with E-state index in [1.807, 2.05) is 18.2 Å². The average Bonchev–Trinajstić information content (AvgIpc) is 3.09. The van der Waals surface area contributed by atoms with Crippen LogP contribution in [-0.4, -0.2) is 8.96 Å². The number of rotatable bonds is 4. The van der Waals surface area contributed by atoms with Gasteiger partial charge < -0.3 is 0 Å². The first-order valence-corrected chi connectivity index (χ1v) is 8.38. The van der Waals surface area contributed by atoms with Gasteiger partial charge in [0.15, 0.2) is 0 Å². The van der Waals surface area contributed by atoms with Crippen LogP contribution in [-0.2, 0) is 10.8 Å². The van der Waals surface area contributed by atoms with Gasteiger partial charge in [-0.15, -0.1) is 6.58 Å². The van der Waals surface area contributed by atoms with Gasteiger partial charge in [0.2, 0.25) is 0 Å². The van der Waals surface area contributed by atoms with Gasteiger partial charge in [0, 0.05) is 4.90 Å². The Hall–Kier alpha value is -0.890. The molecule has 0 spiro atoms. The van der Waals surface area contributed by atoms with Crippen LogP contribution in [0.4, 0.5) is 0 Å². The molecule has 2 aliphatic rings. The lowest BCUT2D eigenvalue weighted by Crippen LogP contribution is -2.29. The van der Waals surface area contributed by atoms with E-state index in [1.165, 1.54) is 24.8 Å². The van der Waals surface area contributed by atoms with E-state index < -0.39 is 10.8 Å². The molecule has 0 unspecified atom stereocenters. The Morgan fingerprint density at radius 1 is 1.26 bits per heavy atom. The Bertz CT molecular complexity index is 519. The fourth-order valence-corrected chi connectivity index (χ4v) is 6.08. The molecule has 0 bridgehead atoms. The highest BCUT2D eigenvalue weighted by Gasteiger charge is 2.70. The van der Waals surface area contributed by atoms with Crippen molar-refractivity contribution in [3.63, 3.8) is 0 Å². The molecule has 1 aromatic rings. The monoisotopic (exact) mass is 274 g/mol. The van der Waals surface area contributed by atoms with Crippen LogP contribution in [0.15, 0.2) is 41.8 Å². The molecule has 1 nitrogen and oxygen atoms in total. The number of fused-ring (bicyclic) bond motifs is 1. The maximum absolute atomic E-state index is 13.0. The van der Waals surface area contributed by atoms with E-state index in [-0.39, 0.29) is 4.75 Å². The smallest absolute Gasteiger partial charge is 0.0598 e. The molecule has 3 rings (SSSR count). The van der Waals surface area contributed by atoms with Crippen molar-refractivity contribution < 1.29 is 4.21 Å². The largest absolute Gasteiger partial charge is 0.254 e. The maximum atomic E-state index is 13.0. The molecule has 1 aromatic carbocycles. The van der Waals surface area contributed by atoms with E-state index in [4.69, 9.17) is 0 Å². The summed E-state index contributed by atoms with van der Waals surface area (Å²) in [6.45, 7) is 5.98. The third-order valence-corrected chi connectivity index (χ3v) is 7.27. The lowest BCUT2D eigenvalue weighted by molar-refractivity contribution is 0.354. The van der Waals surface area contributed by atoms with E-state index >= 15 is 0 Å². The molecule has 0 N–H and O–H groups in total. The van der Waals surface area contributed by atoms with Gasteiger partial charge in [-0.25, -0.2) is 0 Å². The molecule has 2 fully saturated rings. The van der Waals surface area contributed by atoms with Crippen LogP contribution in [0.1, 0.15) is 44.1 Å². The van der Waals surface area contributed by atoms with Crippen molar-refractivity contribution >= 4 is 10.8 Å². The van der Waals surface area contributed by atoms with Gasteiger partial charge in [-0.2, -0.15) is 0 Å². The third kappa shape index (κ3) is 1.92. The SMILES string of the molecule is C=CC[C@]12CCCC[C@@]1([S@](=O)c1ccc(C)cc1)C2. The Labute approximate surface area is 118 Å². The molecule has 0 amide bonds. The highest BCUT2D eigenvalue weighted by atomic mass is 32.2. The van der Waals surface area contributed by atoms with Crippen molar-refractivity contribution in [2.45, 2.75) is 55.1 Å². The molecular formula is C17H22OS. The minimum absolute atomic E-state index is 0.0503. The molecule has 3 atom stereocenters. The van der Waals surface area contributed by atoms with Gasteiger partial charge in [0.25, 0.3) is 0 Å². The molecule has 2 heteroatoms. The average molecular weight is 274 g/mol. The molecule has 102 valence electrons. The van der Waals surface area contributed by atoms with Gasteiger partial charge in [0.05, 0.1) is 15.5 Å². The first-order valence-electron chi connectivity index (χ1n) is 7.23. The molecule has 0 radical (unpaired) electrons.